The Kier molecular flexibility index (Phi) is 7.44. The molecule has 0 radical (unpaired) electrons. The van der Waals surface area contributed by atoms with Gasteiger partial charge in [-0.3, -0.25) is 14.4 Å². The lowest BCUT2D eigenvalue weighted by molar-refractivity contribution is -0.140. The fourth-order valence-corrected chi connectivity index (χ4v) is 1.18. The van der Waals surface area contributed by atoms with Gasteiger partial charge in [0, 0.05) is 6.04 Å². The highest BCUT2D eigenvalue weighted by molar-refractivity contribution is 5.69. The predicted molar refractivity (Wildman–Crippen MR) is 55.9 cm³/mol. The van der Waals surface area contributed by atoms with E-state index in [1.54, 1.807) is 6.92 Å². The largest absolute Gasteiger partial charge is 0.480 e. The van der Waals surface area contributed by atoms with Crippen molar-refractivity contribution in [2.24, 2.45) is 0 Å². The van der Waals surface area contributed by atoms with Crippen molar-refractivity contribution in [3.63, 3.8) is 0 Å². The molecule has 0 aliphatic rings. The van der Waals surface area contributed by atoms with Crippen LogP contribution in [0.15, 0.2) is 0 Å². The highest BCUT2D eigenvalue weighted by atomic mass is 16.7. The zero-order valence-corrected chi connectivity index (χ0v) is 9.40. The van der Waals surface area contributed by atoms with Crippen molar-refractivity contribution in [2.75, 3.05) is 13.1 Å². The molecule has 0 heterocycles. The van der Waals surface area contributed by atoms with Crippen LogP contribution in [-0.4, -0.2) is 47.4 Å². The van der Waals surface area contributed by atoms with Crippen LogP contribution in [0.2, 0.25) is 0 Å². The van der Waals surface area contributed by atoms with Crippen LogP contribution in [0.1, 0.15) is 20.3 Å². The molecular weight excluding hydrogens is 216 g/mol. The van der Waals surface area contributed by atoms with E-state index in [0.29, 0.717) is 6.42 Å². The van der Waals surface area contributed by atoms with Crippen LogP contribution in [0.3, 0.4) is 0 Å². The summed E-state index contributed by atoms with van der Waals surface area (Å²) < 4.78 is 0. The molecule has 0 amide bonds. The van der Waals surface area contributed by atoms with Crippen molar-refractivity contribution >= 4 is 11.9 Å². The first-order valence-electron chi connectivity index (χ1n) is 5.02. The van der Waals surface area contributed by atoms with Crippen molar-refractivity contribution in [3.8, 4) is 0 Å². The second-order valence-corrected chi connectivity index (χ2v) is 3.33. The maximum absolute atomic E-state index is 10.3. The van der Waals surface area contributed by atoms with Gasteiger partial charge in [-0.1, -0.05) is 6.92 Å². The molecule has 4 N–H and O–H groups in total. The van der Waals surface area contributed by atoms with Crippen LogP contribution < -0.4 is 10.8 Å². The molecule has 7 nitrogen and oxygen atoms in total. The molecule has 7 heteroatoms. The number of carbonyl (C=O) groups is 2. The average Bonchev–Trinajstić information content (AvgIpc) is 2.17. The van der Waals surface area contributed by atoms with E-state index in [9.17, 15) is 9.59 Å². The number of aliphatic carboxylic acids is 2. The zero-order valence-electron chi connectivity index (χ0n) is 9.40. The van der Waals surface area contributed by atoms with Crippen LogP contribution >= 0.6 is 0 Å². The summed E-state index contributed by atoms with van der Waals surface area (Å²) in [4.78, 5) is 25.6. The smallest absolute Gasteiger partial charge is 0.319 e. The Labute approximate surface area is 93.7 Å². The third-order valence-corrected chi connectivity index (χ3v) is 2.01. The van der Waals surface area contributed by atoms with E-state index in [4.69, 9.17) is 15.1 Å². The maximum atomic E-state index is 10.3. The Morgan fingerprint density at radius 3 is 2.25 bits per heavy atom. The first-order chi connectivity index (χ1) is 7.47. The molecule has 0 fully saturated rings. The van der Waals surface area contributed by atoms with Crippen molar-refractivity contribution in [1.29, 1.82) is 0 Å². The molecule has 0 saturated carbocycles. The SMILES string of the molecule is CCC(NCC(=O)O)C(C)ONCC(=O)O. The molecule has 0 aliphatic carbocycles. The van der Waals surface area contributed by atoms with E-state index in [1.165, 1.54) is 0 Å². The second-order valence-electron chi connectivity index (χ2n) is 3.33. The van der Waals surface area contributed by atoms with Crippen LogP contribution in [0.25, 0.3) is 0 Å². The molecule has 0 aromatic rings. The molecule has 2 atom stereocenters. The van der Waals surface area contributed by atoms with Crippen LogP contribution in [0, 0.1) is 0 Å². The minimum atomic E-state index is -1.02. The number of carboxylic acid groups (broad SMARTS) is 2. The summed E-state index contributed by atoms with van der Waals surface area (Å²) in [6.07, 6.45) is 0.368. The Hall–Kier alpha value is -1.18. The molecule has 16 heavy (non-hydrogen) atoms. The van der Waals surface area contributed by atoms with Gasteiger partial charge in [0.1, 0.15) is 6.54 Å². The van der Waals surface area contributed by atoms with Gasteiger partial charge in [0.2, 0.25) is 0 Å². The normalized spacial score (nSPS) is 14.4. The Morgan fingerprint density at radius 2 is 1.81 bits per heavy atom. The van der Waals surface area contributed by atoms with Crippen molar-refractivity contribution in [2.45, 2.75) is 32.4 Å². The molecule has 0 aromatic carbocycles. The monoisotopic (exact) mass is 234 g/mol. The minimum absolute atomic E-state index is 0.141. The topological polar surface area (TPSA) is 108 Å². The van der Waals surface area contributed by atoms with E-state index < -0.39 is 11.9 Å². The van der Waals surface area contributed by atoms with E-state index in [-0.39, 0.29) is 25.2 Å². The van der Waals surface area contributed by atoms with Crippen LogP contribution in [0.5, 0.6) is 0 Å². The van der Waals surface area contributed by atoms with Crippen LogP contribution in [0.4, 0.5) is 0 Å². The third kappa shape index (κ3) is 7.16. The van der Waals surface area contributed by atoms with E-state index in [0.717, 1.165) is 0 Å². The van der Waals surface area contributed by atoms with E-state index in [1.807, 2.05) is 6.92 Å². The van der Waals surface area contributed by atoms with Gasteiger partial charge in [0.15, 0.2) is 0 Å². The quantitative estimate of drug-likeness (QED) is 0.396. The molecule has 0 bridgehead atoms. The molecule has 0 rings (SSSR count). The predicted octanol–water partition coefficient (Wildman–Crippen LogP) is -0.566. The minimum Gasteiger partial charge on any atom is -0.480 e. The van der Waals surface area contributed by atoms with Gasteiger partial charge in [0.05, 0.1) is 12.6 Å². The van der Waals surface area contributed by atoms with Gasteiger partial charge in [-0.15, -0.1) is 0 Å². The molecular formula is C9H18N2O5. The summed E-state index contributed by atoms with van der Waals surface area (Å²) in [5.41, 5.74) is 2.30. The first-order valence-corrected chi connectivity index (χ1v) is 5.02. The van der Waals surface area contributed by atoms with Crippen molar-refractivity contribution < 1.29 is 24.6 Å². The Bertz CT molecular complexity index is 234. The summed E-state index contributed by atoms with van der Waals surface area (Å²) in [7, 11) is 0. The Morgan fingerprint density at radius 1 is 1.25 bits per heavy atom. The lowest BCUT2D eigenvalue weighted by atomic mass is 10.1. The fraction of sp³-hybridized carbons (Fsp3) is 0.778. The molecule has 94 valence electrons. The number of hydrogen-bond donors (Lipinski definition) is 4. The maximum Gasteiger partial charge on any atom is 0.319 e. The highest BCUT2D eigenvalue weighted by Gasteiger charge is 2.16. The number of hydrogen-bond acceptors (Lipinski definition) is 5. The molecule has 0 aliphatic heterocycles. The number of carboxylic acids is 2. The second kappa shape index (κ2) is 8.03. The number of hydroxylamine groups is 1. The summed E-state index contributed by atoms with van der Waals surface area (Å²) in [6, 6.07) is -0.141. The summed E-state index contributed by atoms with van der Waals surface area (Å²) in [6.45, 7) is 3.18. The third-order valence-electron chi connectivity index (χ3n) is 2.01. The summed E-state index contributed by atoms with van der Waals surface area (Å²) >= 11 is 0. The molecule has 2 unspecified atom stereocenters. The van der Waals surface area contributed by atoms with Crippen LogP contribution in [-0.2, 0) is 14.4 Å². The van der Waals surface area contributed by atoms with Crippen molar-refractivity contribution in [1.82, 2.24) is 10.8 Å². The lowest BCUT2D eigenvalue weighted by Crippen LogP contribution is -2.44. The van der Waals surface area contributed by atoms with Crippen molar-refractivity contribution in [3.05, 3.63) is 0 Å². The molecule has 0 aromatic heterocycles. The highest BCUT2D eigenvalue weighted by Crippen LogP contribution is 2.01. The zero-order chi connectivity index (χ0) is 12.6. The van der Waals surface area contributed by atoms with Gasteiger partial charge >= 0.3 is 11.9 Å². The fourth-order valence-electron chi connectivity index (χ4n) is 1.18. The van der Waals surface area contributed by atoms with Gasteiger partial charge in [0.25, 0.3) is 0 Å². The molecule has 0 saturated heterocycles. The van der Waals surface area contributed by atoms with Gasteiger partial charge in [-0.2, -0.15) is 5.48 Å². The lowest BCUT2D eigenvalue weighted by Gasteiger charge is -2.23. The Balaban J connectivity index is 3.85. The number of rotatable bonds is 9. The number of nitrogens with one attached hydrogen (secondary N) is 2. The van der Waals surface area contributed by atoms with Gasteiger partial charge < -0.3 is 15.5 Å². The first kappa shape index (κ1) is 14.8. The molecule has 0 spiro atoms. The standard InChI is InChI=1S/C9H18N2O5/c1-3-7(10-4-8(12)13)6(2)16-11-5-9(14)15/h6-7,10-11H,3-5H2,1-2H3,(H,12,13)(H,14,15). The van der Waals surface area contributed by atoms with E-state index >= 15 is 0 Å². The van der Waals surface area contributed by atoms with E-state index in [2.05, 4.69) is 10.8 Å². The summed E-state index contributed by atoms with van der Waals surface area (Å²) in [5, 5.41) is 19.6. The van der Waals surface area contributed by atoms with Gasteiger partial charge in [-0.25, -0.2) is 0 Å². The van der Waals surface area contributed by atoms with Gasteiger partial charge in [-0.05, 0) is 13.3 Å². The average molecular weight is 234 g/mol. The summed E-state index contributed by atoms with van der Waals surface area (Å²) in [5.74, 6) is -1.96.